The number of Topliss-reactive ketones (excluding diaryl/α,β-unsaturated/α-hetero) is 1. The minimum absolute atomic E-state index is 0.0869. The minimum atomic E-state index is -5.98. The van der Waals surface area contributed by atoms with Crippen LogP contribution in [0.4, 0.5) is 22.0 Å². The van der Waals surface area contributed by atoms with E-state index in [-0.39, 0.29) is 20.9 Å². The van der Waals surface area contributed by atoms with Crippen LogP contribution in [0.15, 0.2) is 18.3 Å². The molecule has 0 amide bonds. The highest BCUT2D eigenvalue weighted by Crippen LogP contribution is 2.40. The summed E-state index contributed by atoms with van der Waals surface area (Å²) in [6.07, 6.45) is -5.23. The van der Waals surface area contributed by atoms with E-state index < -0.39 is 23.4 Å². The van der Waals surface area contributed by atoms with Crippen LogP contribution in [-0.4, -0.2) is 22.9 Å². The van der Waals surface area contributed by atoms with Crippen LogP contribution in [0.25, 0.3) is 10.9 Å². The second-order valence-electron chi connectivity index (χ2n) is 3.91. The average molecular weight is 332 g/mol. The van der Waals surface area contributed by atoms with Gasteiger partial charge in [-0.25, -0.2) is 0 Å². The molecule has 0 bridgehead atoms. The lowest BCUT2D eigenvalue weighted by Crippen LogP contribution is -2.44. The first-order chi connectivity index (χ1) is 9.05. The number of benzene rings is 1. The van der Waals surface area contributed by atoms with Crippen LogP contribution in [0.3, 0.4) is 0 Å². The molecule has 0 saturated heterocycles. The molecule has 0 aliphatic rings. The molecule has 1 heterocycles. The summed E-state index contributed by atoms with van der Waals surface area (Å²) in [5.41, 5.74) is -0.757. The van der Waals surface area contributed by atoms with Gasteiger partial charge in [-0.2, -0.15) is 22.0 Å². The fourth-order valence-electron chi connectivity index (χ4n) is 1.66. The van der Waals surface area contributed by atoms with E-state index in [0.717, 1.165) is 12.3 Å². The Morgan fingerprint density at radius 1 is 1.10 bits per heavy atom. The molecular weight excluding hydrogens is 328 g/mol. The molecule has 1 N–H and O–H groups in total. The normalized spacial score (nSPS) is 12.9. The maximum absolute atomic E-state index is 13.1. The summed E-state index contributed by atoms with van der Waals surface area (Å²) in [7, 11) is 0. The van der Waals surface area contributed by atoms with E-state index in [1.165, 1.54) is 6.07 Å². The van der Waals surface area contributed by atoms with Crippen LogP contribution in [0.2, 0.25) is 10.0 Å². The number of ketones is 1. The quantitative estimate of drug-likeness (QED) is 0.619. The predicted molar refractivity (Wildman–Crippen MR) is 63.7 cm³/mol. The van der Waals surface area contributed by atoms with E-state index in [1.54, 1.807) is 0 Å². The Hall–Kier alpha value is -1.34. The zero-order chi connectivity index (χ0) is 15.3. The van der Waals surface area contributed by atoms with Crippen molar-refractivity contribution in [3.63, 3.8) is 0 Å². The first-order valence-corrected chi connectivity index (χ1v) is 5.76. The van der Waals surface area contributed by atoms with Gasteiger partial charge in [0.05, 0.1) is 10.6 Å². The van der Waals surface area contributed by atoms with Gasteiger partial charge in [0.1, 0.15) is 0 Å². The molecule has 0 spiro atoms. The number of fused-ring (bicyclic) bond motifs is 1. The zero-order valence-corrected chi connectivity index (χ0v) is 10.8. The molecular formula is C11H4Cl2F5NO. The van der Waals surface area contributed by atoms with Crippen molar-refractivity contribution in [3.8, 4) is 0 Å². The van der Waals surface area contributed by atoms with Gasteiger partial charge in [-0.05, 0) is 12.1 Å². The summed E-state index contributed by atoms with van der Waals surface area (Å²) < 4.78 is 62.8. The molecule has 0 radical (unpaired) electrons. The van der Waals surface area contributed by atoms with E-state index >= 15 is 0 Å². The molecule has 108 valence electrons. The van der Waals surface area contributed by atoms with Crippen molar-refractivity contribution in [1.82, 2.24) is 4.98 Å². The van der Waals surface area contributed by atoms with Gasteiger partial charge >= 0.3 is 12.1 Å². The van der Waals surface area contributed by atoms with Gasteiger partial charge in [0.15, 0.2) is 0 Å². The van der Waals surface area contributed by atoms with Gasteiger partial charge in [-0.1, -0.05) is 23.2 Å². The van der Waals surface area contributed by atoms with Gasteiger partial charge in [0.2, 0.25) is 5.78 Å². The Morgan fingerprint density at radius 2 is 1.70 bits per heavy atom. The molecule has 20 heavy (non-hydrogen) atoms. The molecule has 0 aliphatic heterocycles. The molecule has 2 rings (SSSR count). The van der Waals surface area contributed by atoms with Crippen LogP contribution >= 0.6 is 23.2 Å². The summed E-state index contributed by atoms with van der Waals surface area (Å²) in [5.74, 6) is -7.87. The van der Waals surface area contributed by atoms with Crippen LogP contribution in [0, 0.1) is 0 Å². The summed E-state index contributed by atoms with van der Waals surface area (Å²) >= 11 is 11.4. The van der Waals surface area contributed by atoms with Gasteiger partial charge in [-0.3, -0.25) is 4.79 Å². The number of aromatic amines is 1. The lowest BCUT2D eigenvalue weighted by Gasteiger charge is -2.17. The standard InChI is InChI=1S/C11H4Cl2F5NO/c12-4-1-6(13)8-5(3-19-7(8)2-4)9(20)10(14,15)11(16,17)18/h1-3,19H. The first kappa shape index (κ1) is 15.1. The summed E-state index contributed by atoms with van der Waals surface area (Å²) in [6, 6.07) is 2.40. The van der Waals surface area contributed by atoms with E-state index in [0.29, 0.717) is 0 Å². The lowest BCUT2D eigenvalue weighted by molar-refractivity contribution is -0.255. The second-order valence-corrected chi connectivity index (χ2v) is 4.76. The predicted octanol–water partition coefficient (Wildman–Crippen LogP) is 4.86. The second kappa shape index (κ2) is 4.60. The Kier molecular flexibility index (Phi) is 3.46. The molecule has 0 atom stereocenters. The Balaban J connectivity index is 2.63. The minimum Gasteiger partial charge on any atom is -0.360 e. The number of nitrogens with one attached hydrogen (secondary N) is 1. The van der Waals surface area contributed by atoms with Crippen molar-refractivity contribution >= 4 is 39.9 Å². The van der Waals surface area contributed by atoms with Crippen molar-refractivity contribution in [1.29, 1.82) is 0 Å². The third-order valence-electron chi connectivity index (χ3n) is 2.58. The SMILES string of the molecule is O=C(c1c[nH]c2cc(Cl)cc(Cl)c12)C(F)(F)C(F)(F)F. The number of hydrogen-bond acceptors (Lipinski definition) is 1. The van der Waals surface area contributed by atoms with Gasteiger partial charge in [0, 0.05) is 22.1 Å². The number of carbonyl (C=O) groups excluding carboxylic acids is 1. The van der Waals surface area contributed by atoms with Crippen LogP contribution in [-0.2, 0) is 0 Å². The van der Waals surface area contributed by atoms with E-state index in [9.17, 15) is 26.7 Å². The third kappa shape index (κ3) is 2.25. The van der Waals surface area contributed by atoms with Gasteiger partial charge in [-0.15, -0.1) is 0 Å². The van der Waals surface area contributed by atoms with Crippen molar-refractivity contribution in [2.75, 3.05) is 0 Å². The number of halogens is 7. The molecule has 2 nitrogen and oxygen atoms in total. The number of aromatic nitrogens is 1. The number of carbonyl (C=O) groups is 1. The Morgan fingerprint density at radius 3 is 2.25 bits per heavy atom. The maximum atomic E-state index is 13.1. The third-order valence-corrected chi connectivity index (χ3v) is 3.10. The van der Waals surface area contributed by atoms with Gasteiger partial charge in [0.25, 0.3) is 0 Å². The van der Waals surface area contributed by atoms with Crippen molar-refractivity contribution in [3.05, 3.63) is 33.9 Å². The molecule has 0 fully saturated rings. The largest absolute Gasteiger partial charge is 0.461 e. The Bertz CT molecular complexity index is 692. The smallest absolute Gasteiger partial charge is 0.360 e. The van der Waals surface area contributed by atoms with Crippen LogP contribution in [0.1, 0.15) is 10.4 Å². The monoisotopic (exact) mass is 331 g/mol. The van der Waals surface area contributed by atoms with Crippen molar-refractivity contribution in [2.45, 2.75) is 12.1 Å². The molecule has 0 saturated carbocycles. The molecule has 9 heteroatoms. The Labute approximate surface area is 118 Å². The van der Waals surface area contributed by atoms with Crippen LogP contribution in [0.5, 0.6) is 0 Å². The average Bonchev–Trinajstić information content (AvgIpc) is 2.69. The summed E-state index contributed by atoms with van der Waals surface area (Å²) in [5, 5.41) is -0.286. The fourth-order valence-corrected chi connectivity index (χ4v) is 2.26. The molecule has 1 aromatic carbocycles. The highest BCUT2D eigenvalue weighted by molar-refractivity contribution is 6.39. The number of H-pyrrole nitrogens is 1. The highest BCUT2D eigenvalue weighted by atomic mass is 35.5. The maximum Gasteiger partial charge on any atom is 0.461 e. The number of rotatable bonds is 2. The fraction of sp³-hybridized carbons (Fsp3) is 0.182. The van der Waals surface area contributed by atoms with Crippen molar-refractivity contribution in [2.24, 2.45) is 0 Å². The van der Waals surface area contributed by atoms with Crippen molar-refractivity contribution < 1.29 is 26.7 Å². The molecule has 0 unspecified atom stereocenters. The molecule has 0 aliphatic carbocycles. The van der Waals surface area contributed by atoms with E-state index in [2.05, 4.69) is 4.98 Å². The highest BCUT2D eigenvalue weighted by Gasteiger charge is 2.63. The number of hydrogen-bond donors (Lipinski definition) is 1. The van der Waals surface area contributed by atoms with Crippen LogP contribution < -0.4 is 0 Å². The molecule has 2 aromatic rings. The van der Waals surface area contributed by atoms with E-state index in [1.807, 2.05) is 0 Å². The zero-order valence-electron chi connectivity index (χ0n) is 9.29. The van der Waals surface area contributed by atoms with E-state index in [4.69, 9.17) is 23.2 Å². The number of alkyl halides is 5. The summed E-state index contributed by atoms with van der Waals surface area (Å²) in [6.45, 7) is 0. The molecule has 1 aromatic heterocycles. The topological polar surface area (TPSA) is 32.9 Å². The first-order valence-electron chi connectivity index (χ1n) is 5.01. The van der Waals surface area contributed by atoms with Gasteiger partial charge < -0.3 is 4.98 Å². The summed E-state index contributed by atoms with van der Waals surface area (Å²) in [4.78, 5) is 13.8. The lowest BCUT2D eigenvalue weighted by atomic mass is 10.0.